The summed E-state index contributed by atoms with van der Waals surface area (Å²) in [4.78, 5) is 55.2. The second-order valence-corrected chi connectivity index (χ2v) is 11.9. The summed E-state index contributed by atoms with van der Waals surface area (Å²) < 4.78 is 31.3. The number of oxazole rings is 1. The van der Waals surface area contributed by atoms with Gasteiger partial charge in [0.15, 0.2) is 11.7 Å². The van der Waals surface area contributed by atoms with Crippen molar-refractivity contribution in [3.8, 4) is 0 Å². The van der Waals surface area contributed by atoms with Crippen molar-refractivity contribution in [3.63, 3.8) is 0 Å². The van der Waals surface area contributed by atoms with Crippen LogP contribution in [-0.4, -0.2) is 88.2 Å². The monoisotopic (exact) mass is 605 g/mol. The van der Waals surface area contributed by atoms with Crippen LogP contribution in [0.15, 0.2) is 16.5 Å². The summed E-state index contributed by atoms with van der Waals surface area (Å²) in [6.45, 7) is 0.132. The molecule has 212 valence electrons. The number of rotatable bonds is 8. The summed E-state index contributed by atoms with van der Waals surface area (Å²) >= 11 is 12.1. The maximum absolute atomic E-state index is 13.4. The van der Waals surface area contributed by atoms with E-state index in [2.05, 4.69) is 15.0 Å². The van der Waals surface area contributed by atoms with E-state index in [9.17, 15) is 37.8 Å². The summed E-state index contributed by atoms with van der Waals surface area (Å²) in [7, 11) is -3.82. The summed E-state index contributed by atoms with van der Waals surface area (Å²) in [5, 5.41) is 25.2. The topological polar surface area (TPSA) is 199 Å². The average molecular weight is 606 g/mol. The number of benzene rings is 1. The highest BCUT2D eigenvalue weighted by atomic mass is 35.5. The van der Waals surface area contributed by atoms with Crippen LogP contribution < -0.4 is 10.0 Å². The molecule has 4 unspecified atom stereocenters. The van der Waals surface area contributed by atoms with Gasteiger partial charge in [-0.1, -0.05) is 23.2 Å². The fraction of sp³-hybridized carbons (Fsp3) is 0.500. The number of fused-ring (bicyclic) bond motifs is 2. The number of carbonyl (C=O) groups excluding carboxylic acids is 3. The molecule has 2 aliphatic rings. The minimum atomic E-state index is -3.82. The number of hydrazine groups is 1. The Morgan fingerprint density at radius 2 is 1.97 bits per heavy atom. The van der Waals surface area contributed by atoms with E-state index in [-0.39, 0.29) is 52.8 Å². The SMILES string of the molecule is CS(=O)(=O)NC1CCC(=O)N2CCCC(C(=O)NC(CC(=O)O)C(O)c3nc4cc(Cl)cc(Cl)c4o3)N2C1=O. The Kier molecular flexibility index (Phi) is 8.37. The smallest absolute Gasteiger partial charge is 0.305 e. The molecule has 4 N–H and O–H groups in total. The summed E-state index contributed by atoms with van der Waals surface area (Å²) in [5.41, 5.74) is 0.291. The van der Waals surface area contributed by atoms with E-state index in [1.54, 1.807) is 0 Å². The first-order chi connectivity index (χ1) is 18.2. The minimum absolute atomic E-state index is 0.0940. The molecule has 14 nitrogen and oxygen atoms in total. The van der Waals surface area contributed by atoms with Crippen LogP contribution in [0.4, 0.5) is 0 Å². The quantitative estimate of drug-likeness (QED) is 0.329. The maximum atomic E-state index is 13.4. The molecule has 4 atom stereocenters. The molecular formula is C22H25Cl2N5O9S. The Bertz CT molecular complexity index is 1430. The van der Waals surface area contributed by atoms with Gasteiger partial charge in [-0.2, -0.15) is 0 Å². The zero-order valence-electron chi connectivity index (χ0n) is 20.5. The van der Waals surface area contributed by atoms with Gasteiger partial charge < -0.3 is 19.9 Å². The highest BCUT2D eigenvalue weighted by molar-refractivity contribution is 7.88. The Morgan fingerprint density at radius 3 is 2.64 bits per heavy atom. The summed E-state index contributed by atoms with van der Waals surface area (Å²) in [6.07, 6.45) is -1.41. The fourth-order valence-electron chi connectivity index (χ4n) is 4.62. The van der Waals surface area contributed by atoms with Crippen molar-refractivity contribution in [1.82, 2.24) is 25.0 Å². The lowest BCUT2D eigenvalue weighted by atomic mass is 10.0. The molecule has 0 saturated carbocycles. The number of aromatic nitrogens is 1. The van der Waals surface area contributed by atoms with Crippen molar-refractivity contribution in [2.75, 3.05) is 12.8 Å². The first kappa shape index (κ1) is 29.0. The number of carbonyl (C=O) groups is 4. The van der Waals surface area contributed by atoms with Gasteiger partial charge in [-0.25, -0.2) is 23.1 Å². The second-order valence-electron chi connectivity index (χ2n) is 9.28. The molecular weight excluding hydrogens is 581 g/mol. The van der Waals surface area contributed by atoms with Crippen LogP contribution in [0.1, 0.15) is 44.1 Å². The highest BCUT2D eigenvalue weighted by Gasteiger charge is 2.45. The highest BCUT2D eigenvalue weighted by Crippen LogP contribution is 2.32. The largest absolute Gasteiger partial charge is 0.481 e. The van der Waals surface area contributed by atoms with E-state index in [0.29, 0.717) is 6.42 Å². The van der Waals surface area contributed by atoms with E-state index in [1.165, 1.54) is 12.1 Å². The van der Waals surface area contributed by atoms with Crippen LogP contribution in [0, 0.1) is 0 Å². The Morgan fingerprint density at radius 1 is 1.26 bits per heavy atom. The second kappa shape index (κ2) is 11.3. The molecule has 0 aliphatic carbocycles. The first-order valence-corrected chi connectivity index (χ1v) is 14.5. The van der Waals surface area contributed by atoms with Crippen LogP contribution in [0.3, 0.4) is 0 Å². The summed E-state index contributed by atoms with van der Waals surface area (Å²) in [6, 6.07) is -1.21. The van der Waals surface area contributed by atoms with Crippen LogP contribution in [-0.2, 0) is 29.2 Å². The van der Waals surface area contributed by atoms with Crippen molar-refractivity contribution < 1.29 is 42.2 Å². The summed E-state index contributed by atoms with van der Waals surface area (Å²) in [5.74, 6) is -3.82. The average Bonchev–Trinajstić information content (AvgIpc) is 3.23. The van der Waals surface area contributed by atoms with Gasteiger partial charge in [0.2, 0.25) is 27.7 Å². The third kappa shape index (κ3) is 6.44. The number of carboxylic acid groups (broad SMARTS) is 1. The van der Waals surface area contributed by atoms with Crippen LogP contribution >= 0.6 is 23.2 Å². The molecule has 39 heavy (non-hydrogen) atoms. The molecule has 0 bridgehead atoms. The molecule has 1 aromatic heterocycles. The van der Waals surface area contributed by atoms with Crippen LogP contribution in [0.5, 0.6) is 0 Å². The van der Waals surface area contributed by atoms with Crippen molar-refractivity contribution in [2.45, 2.75) is 56.3 Å². The van der Waals surface area contributed by atoms with Gasteiger partial charge in [-0.3, -0.25) is 24.2 Å². The van der Waals surface area contributed by atoms with Gasteiger partial charge in [-0.05, 0) is 31.4 Å². The number of aliphatic hydroxyl groups excluding tert-OH is 1. The van der Waals surface area contributed by atoms with E-state index in [0.717, 1.165) is 16.3 Å². The molecule has 3 heterocycles. The lowest BCUT2D eigenvalue weighted by Crippen LogP contribution is -2.64. The molecule has 4 rings (SSSR count). The predicted molar refractivity (Wildman–Crippen MR) is 136 cm³/mol. The number of sulfonamides is 1. The van der Waals surface area contributed by atoms with Gasteiger partial charge in [0.25, 0.3) is 5.91 Å². The van der Waals surface area contributed by atoms with Crippen molar-refractivity contribution in [3.05, 3.63) is 28.1 Å². The van der Waals surface area contributed by atoms with E-state index >= 15 is 0 Å². The van der Waals surface area contributed by atoms with Crippen LogP contribution in [0.2, 0.25) is 10.0 Å². The number of halogens is 2. The number of aliphatic hydroxyl groups is 1. The van der Waals surface area contributed by atoms with Crippen LogP contribution in [0.25, 0.3) is 11.1 Å². The lowest BCUT2D eigenvalue weighted by molar-refractivity contribution is -0.176. The molecule has 2 saturated heterocycles. The van der Waals surface area contributed by atoms with E-state index < -0.39 is 64.4 Å². The molecule has 0 spiro atoms. The molecule has 2 fully saturated rings. The normalized spacial score (nSPS) is 21.8. The number of aliphatic carboxylic acids is 1. The fourth-order valence-corrected chi connectivity index (χ4v) is 5.88. The number of hydrogen-bond acceptors (Lipinski definition) is 9. The molecule has 3 amide bonds. The number of carboxylic acids is 1. The molecule has 17 heteroatoms. The predicted octanol–water partition coefficient (Wildman–Crippen LogP) is 0.574. The first-order valence-electron chi connectivity index (χ1n) is 11.8. The van der Waals surface area contributed by atoms with Crippen molar-refractivity contribution in [2.24, 2.45) is 0 Å². The molecule has 1 aromatic carbocycles. The van der Waals surface area contributed by atoms with Crippen molar-refractivity contribution >= 4 is 68.0 Å². The Labute approximate surface area is 232 Å². The van der Waals surface area contributed by atoms with Crippen molar-refractivity contribution in [1.29, 1.82) is 0 Å². The minimum Gasteiger partial charge on any atom is -0.481 e. The third-order valence-corrected chi connectivity index (χ3v) is 7.51. The Balaban J connectivity index is 1.61. The molecule has 0 radical (unpaired) electrons. The van der Waals surface area contributed by atoms with Gasteiger partial charge in [-0.15, -0.1) is 0 Å². The van der Waals surface area contributed by atoms with E-state index in [4.69, 9.17) is 27.6 Å². The standard InChI is InChI=1S/C22H25Cl2N5O9S/c1-39(36,37)27-12-4-5-16(30)28-6-2-3-15(29(28)22(12)35)20(34)25-13(9-17(31)32)18(33)21-26-14-8-10(23)7-11(24)19(14)38-21/h7-8,12-13,15,18,27,33H,2-6,9H2,1H3,(H,25,34)(H,31,32). The third-order valence-electron chi connectivity index (χ3n) is 6.30. The maximum Gasteiger partial charge on any atom is 0.305 e. The zero-order valence-corrected chi connectivity index (χ0v) is 22.8. The number of hydrogen-bond donors (Lipinski definition) is 4. The van der Waals surface area contributed by atoms with Gasteiger partial charge in [0.05, 0.1) is 23.7 Å². The molecule has 2 aromatic rings. The van der Waals surface area contributed by atoms with Gasteiger partial charge in [0, 0.05) is 18.0 Å². The van der Waals surface area contributed by atoms with E-state index in [1.807, 2.05) is 0 Å². The van der Waals surface area contributed by atoms with Gasteiger partial charge >= 0.3 is 5.97 Å². The lowest BCUT2D eigenvalue weighted by Gasteiger charge is -2.43. The number of amides is 3. The van der Waals surface area contributed by atoms with Gasteiger partial charge in [0.1, 0.15) is 17.6 Å². The number of nitrogens with one attached hydrogen (secondary N) is 2. The Hall–Kier alpha value is -2.98. The zero-order chi connectivity index (χ0) is 28.6. The molecule has 2 aliphatic heterocycles. The number of nitrogens with zero attached hydrogens (tertiary/aromatic N) is 3.